The van der Waals surface area contributed by atoms with E-state index in [1.165, 1.54) is 22.3 Å². The van der Waals surface area contributed by atoms with Gasteiger partial charge in [-0.3, -0.25) is 4.90 Å². The summed E-state index contributed by atoms with van der Waals surface area (Å²) in [6, 6.07) is 21.0. The molecule has 45 heavy (non-hydrogen) atoms. The first-order chi connectivity index (χ1) is 22.0. The second-order valence-electron chi connectivity index (χ2n) is 11.9. The molecule has 6 aliphatic rings. The molecule has 4 bridgehead atoms. The van der Waals surface area contributed by atoms with Gasteiger partial charge in [0.1, 0.15) is 11.5 Å². The van der Waals surface area contributed by atoms with Crippen LogP contribution < -0.4 is 33.7 Å². The lowest BCUT2D eigenvalue weighted by molar-refractivity contribution is 0.221. The number of nitrogens with one attached hydrogen (secondary N) is 1. The number of rotatable bonds is 4. The fourth-order valence-corrected chi connectivity index (χ4v) is 7.09. The first-order valence-electron chi connectivity index (χ1n) is 15.5. The zero-order valence-electron chi connectivity index (χ0n) is 26.6. The summed E-state index contributed by atoms with van der Waals surface area (Å²) in [5, 5.41) is 3.73. The molecular weight excluding hydrogens is 568 g/mol. The van der Waals surface area contributed by atoms with Crippen molar-refractivity contribution >= 4 is 0 Å². The quantitative estimate of drug-likeness (QED) is 0.271. The van der Waals surface area contributed by atoms with Crippen LogP contribution in [0.2, 0.25) is 0 Å². The van der Waals surface area contributed by atoms with Gasteiger partial charge in [-0.15, -0.1) is 0 Å². The van der Waals surface area contributed by atoms with Crippen LogP contribution in [0.1, 0.15) is 45.5 Å². The van der Waals surface area contributed by atoms with Crippen LogP contribution in [0.3, 0.4) is 0 Å². The highest BCUT2D eigenvalue weighted by molar-refractivity contribution is 5.64. The Bertz CT molecular complexity index is 1700. The summed E-state index contributed by atoms with van der Waals surface area (Å²) in [7, 11) is 8.87. The summed E-state index contributed by atoms with van der Waals surface area (Å²) >= 11 is 0. The molecule has 6 heterocycles. The second kappa shape index (κ2) is 12.2. The minimum atomic E-state index is 0.0234. The molecule has 0 unspecified atom stereocenters. The van der Waals surface area contributed by atoms with Crippen molar-refractivity contribution in [2.45, 2.75) is 37.8 Å². The molecule has 0 aliphatic carbocycles. The Kier molecular flexibility index (Phi) is 7.94. The molecule has 0 saturated carbocycles. The minimum absolute atomic E-state index is 0.0234. The van der Waals surface area contributed by atoms with E-state index in [0.717, 1.165) is 61.4 Å². The molecule has 6 aliphatic heterocycles. The van der Waals surface area contributed by atoms with Gasteiger partial charge in [-0.25, -0.2) is 0 Å². The minimum Gasteiger partial charge on any atom is -0.493 e. The average Bonchev–Trinajstić information content (AvgIpc) is 3.06. The molecule has 0 aromatic heterocycles. The molecule has 0 fully saturated rings. The maximum absolute atomic E-state index is 6.75. The number of nitrogens with zero attached hydrogens (tertiary/aromatic N) is 1. The molecule has 4 aromatic rings. The van der Waals surface area contributed by atoms with E-state index >= 15 is 0 Å². The Labute approximate surface area is 264 Å². The summed E-state index contributed by atoms with van der Waals surface area (Å²) in [6.07, 6.45) is 3.32. The first-order valence-corrected chi connectivity index (χ1v) is 15.5. The summed E-state index contributed by atoms with van der Waals surface area (Å²) < 4.78 is 36.9. The SMILES string of the molecule is COc1cc2c3c(c1OC)Oc1ccc(cc1)C[C@@H]1c4c(cc(OC)c(OC)c4Oc4ccc(cc4)C[C@@H]3NCC2)CCN1C. The van der Waals surface area contributed by atoms with Gasteiger partial charge in [0.2, 0.25) is 11.5 Å². The molecule has 4 aromatic carbocycles. The van der Waals surface area contributed by atoms with Gasteiger partial charge in [-0.1, -0.05) is 24.3 Å². The predicted octanol–water partition coefficient (Wildman–Crippen LogP) is 6.82. The lowest BCUT2D eigenvalue weighted by Crippen LogP contribution is -2.34. The number of benzene rings is 4. The molecule has 8 nitrogen and oxygen atoms in total. The topological polar surface area (TPSA) is 70.7 Å². The number of likely N-dealkylation sites (N-methyl/N-ethyl adjacent to an activating group) is 1. The zero-order chi connectivity index (χ0) is 31.1. The van der Waals surface area contributed by atoms with E-state index in [1.54, 1.807) is 28.4 Å². The Hall–Kier alpha value is -4.40. The Morgan fingerprint density at radius 2 is 1.20 bits per heavy atom. The van der Waals surface area contributed by atoms with Crippen molar-refractivity contribution in [1.82, 2.24) is 10.2 Å². The number of ether oxygens (including phenoxy) is 6. The van der Waals surface area contributed by atoms with E-state index in [9.17, 15) is 0 Å². The van der Waals surface area contributed by atoms with Gasteiger partial charge in [0.25, 0.3) is 0 Å². The molecule has 234 valence electrons. The third-order valence-electron chi connectivity index (χ3n) is 9.39. The van der Waals surface area contributed by atoms with Gasteiger partial charge in [-0.2, -0.15) is 0 Å². The third-order valence-corrected chi connectivity index (χ3v) is 9.39. The van der Waals surface area contributed by atoms with Gasteiger partial charge in [-0.05, 0) is 97.9 Å². The van der Waals surface area contributed by atoms with E-state index < -0.39 is 0 Å². The largest absolute Gasteiger partial charge is 0.493 e. The molecule has 0 spiro atoms. The molecule has 1 N–H and O–H groups in total. The number of methoxy groups -OCH3 is 4. The Balaban J connectivity index is 1.40. The van der Waals surface area contributed by atoms with E-state index in [1.807, 2.05) is 24.3 Å². The van der Waals surface area contributed by atoms with Crippen LogP contribution >= 0.6 is 0 Å². The molecule has 10 rings (SSSR count). The van der Waals surface area contributed by atoms with Crippen molar-refractivity contribution in [3.05, 3.63) is 94.0 Å². The van der Waals surface area contributed by atoms with Gasteiger partial charge < -0.3 is 33.7 Å². The van der Waals surface area contributed by atoms with Crippen molar-refractivity contribution in [1.29, 1.82) is 0 Å². The third kappa shape index (κ3) is 5.32. The van der Waals surface area contributed by atoms with E-state index in [4.69, 9.17) is 28.4 Å². The highest BCUT2D eigenvalue weighted by atomic mass is 16.5. The normalized spacial score (nSPS) is 18.9. The van der Waals surface area contributed by atoms with Crippen LogP contribution in [0.25, 0.3) is 0 Å². The Morgan fingerprint density at radius 1 is 0.667 bits per heavy atom. The first kappa shape index (κ1) is 29.3. The van der Waals surface area contributed by atoms with Crippen molar-refractivity contribution in [3.63, 3.8) is 0 Å². The van der Waals surface area contributed by atoms with Crippen molar-refractivity contribution in [2.24, 2.45) is 0 Å². The molecule has 0 radical (unpaired) electrons. The van der Waals surface area contributed by atoms with E-state index in [0.29, 0.717) is 34.5 Å². The standard InChI is InChI=1S/C37H40N2O6/c1-39-17-15-25-21-31(41-3)35(43-5)37-33(25)29(39)19-23-8-12-26(13-9-23)44-36-32-24(20-30(40-2)34(36)42-4)14-16-38-28(32)18-22-6-10-27(45-37)11-7-22/h6-13,20-21,28-29,38H,14-19H2,1-5H3/t28-,29+/m0/s1. The summed E-state index contributed by atoms with van der Waals surface area (Å²) in [5.41, 5.74) is 7.02. The maximum atomic E-state index is 6.75. The molecule has 2 atom stereocenters. The van der Waals surface area contributed by atoms with Crippen LogP contribution in [0.15, 0.2) is 60.7 Å². The summed E-state index contributed by atoms with van der Waals surface area (Å²) in [5.74, 6) is 5.47. The predicted molar refractivity (Wildman–Crippen MR) is 173 cm³/mol. The van der Waals surface area contributed by atoms with Gasteiger partial charge in [0, 0.05) is 29.8 Å². The summed E-state index contributed by atoms with van der Waals surface area (Å²) in [4.78, 5) is 2.40. The fourth-order valence-electron chi connectivity index (χ4n) is 7.09. The highest BCUT2D eigenvalue weighted by Crippen LogP contribution is 2.51. The molecular formula is C37H40N2O6. The van der Waals surface area contributed by atoms with Crippen LogP contribution in [0.5, 0.6) is 46.0 Å². The van der Waals surface area contributed by atoms with Gasteiger partial charge >= 0.3 is 0 Å². The molecule has 8 heteroatoms. The van der Waals surface area contributed by atoms with Gasteiger partial charge in [0.15, 0.2) is 23.0 Å². The van der Waals surface area contributed by atoms with Crippen molar-refractivity contribution in [2.75, 3.05) is 48.6 Å². The maximum Gasteiger partial charge on any atom is 0.204 e. The van der Waals surface area contributed by atoms with Crippen LogP contribution in [-0.2, 0) is 25.7 Å². The van der Waals surface area contributed by atoms with Crippen LogP contribution in [0.4, 0.5) is 0 Å². The van der Waals surface area contributed by atoms with Crippen LogP contribution in [0, 0.1) is 0 Å². The lowest BCUT2D eigenvalue weighted by Gasteiger charge is -2.36. The Morgan fingerprint density at radius 3 is 1.76 bits per heavy atom. The fraction of sp³-hybridized carbons (Fsp3) is 0.351. The van der Waals surface area contributed by atoms with Crippen LogP contribution in [-0.4, -0.2) is 53.5 Å². The van der Waals surface area contributed by atoms with E-state index in [2.05, 4.69) is 53.7 Å². The van der Waals surface area contributed by atoms with Crippen molar-refractivity contribution < 1.29 is 28.4 Å². The lowest BCUT2D eigenvalue weighted by atomic mass is 9.87. The molecule has 0 amide bonds. The number of hydrogen-bond donors (Lipinski definition) is 1. The highest BCUT2D eigenvalue weighted by Gasteiger charge is 2.34. The monoisotopic (exact) mass is 608 g/mol. The van der Waals surface area contributed by atoms with E-state index in [-0.39, 0.29) is 12.1 Å². The summed E-state index contributed by atoms with van der Waals surface area (Å²) in [6.45, 7) is 1.79. The molecule has 0 saturated heterocycles. The van der Waals surface area contributed by atoms with Crippen molar-refractivity contribution in [3.8, 4) is 46.0 Å². The zero-order valence-corrected chi connectivity index (χ0v) is 26.6. The van der Waals surface area contributed by atoms with Gasteiger partial charge in [0.05, 0.1) is 28.4 Å². The number of hydrogen-bond acceptors (Lipinski definition) is 8. The average molecular weight is 609 g/mol. The smallest absolute Gasteiger partial charge is 0.204 e. The second-order valence-corrected chi connectivity index (χ2v) is 11.9.